The highest BCUT2D eigenvalue weighted by molar-refractivity contribution is 9.10. The minimum absolute atomic E-state index is 0.141. The lowest BCUT2D eigenvalue weighted by molar-refractivity contribution is -0.115. The van der Waals surface area contributed by atoms with E-state index in [1.54, 1.807) is 11.5 Å². The van der Waals surface area contributed by atoms with E-state index in [0.29, 0.717) is 11.7 Å². The summed E-state index contributed by atoms with van der Waals surface area (Å²) in [5.74, 6) is -0.141. The SMILES string of the molecule is CCCn1c(S[C@H](C)C(=O)Nc2ccc(C)cc2Br)n[nH]c1=O. The maximum absolute atomic E-state index is 12.4. The van der Waals surface area contributed by atoms with Gasteiger partial charge in [-0.25, -0.2) is 9.89 Å². The summed E-state index contributed by atoms with van der Waals surface area (Å²) in [5, 5.41) is 9.45. The van der Waals surface area contributed by atoms with Crippen LogP contribution < -0.4 is 11.0 Å². The third kappa shape index (κ3) is 4.48. The number of hydrogen-bond acceptors (Lipinski definition) is 4. The van der Waals surface area contributed by atoms with E-state index < -0.39 is 0 Å². The molecule has 6 nitrogen and oxygen atoms in total. The molecule has 1 amide bonds. The molecule has 0 aliphatic rings. The molecule has 0 saturated heterocycles. The molecule has 2 rings (SSSR count). The van der Waals surface area contributed by atoms with E-state index in [1.165, 1.54) is 11.8 Å². The molecule has 0 unspecified atom stereocenters. The van der Waals surface area contributed by atoms with Crippen LogP contribution in [0.3, 0.4) is 0 Å². The molecule has 0 spiro atoms. The largest absolute Gasteiger partial charge is 0.343 e. The molecular formula is C15H19BrN4O2S. The van der Waals surface area contributed by atoms with Crippen molar-refractivity contribution in [3.05, 3.63) is 38.7 Å². The number of thioether (sulfide) groups is 1. The number of amides is 1. The first kappa shape index (κ1) is 17.8. The number of H-pyrrole nitrogens is 1. The van der Waals surface area contributed by atoms with Gasteiger partial charge in [0.25, 0.3) is 0 Å². The zero-order chi connectivity index (χ0) is 17.0. The second kappa shape index (κ2) is 7.83. The number of rotatable bonds is 6. The molecule has 124 valence electrons. The number of nitrogens with zero attached hydrogens (tertiary/aromatic N) is 2. The molecule has 1 aromatic heterocycles. The van der Waals surface area contributed by atoms with E-state index in [2.05, 4.69) is 31.4 Å². The van der Waals surface area contributed by atoms with Crippen molar-refractivity contribution in [1.29, 1.82) is 0 Å². The number of aryl methyl sites for hydroxylation is 1. The van der Waals surface area contributed by atoms with Crippen molar-refractivity contribution in [1.82, 2.24) is 14.8 Å². The molecule has 1 heterocycles. The van der Waals surface area contributed by atoms with Gasteiger partial charge in [-0.1, -0.05) is 24.8 Å². The van der Waals surface area contributed by atoms with Gasteiger partial charge in [0.1, 0.15) is 0 Å². The molecular weight excluding hydrogens is 380 g/mol. The van der Waals surface area contributed by atoms with Crippen LogP contribution in [0.25, 0.3) is 0 Å². The van der Waals surface area contributed by atoms with Crippen molar-refractivity contribution in [2.24, 2.45) is 0 Å². The Labute approximate surface area is 147 Å². The standard InChI is InChI=1S/C15H19BrN4O2S/c1-4-7-20-14(22)18-19-15(20)23-10(3)13(21)17-12-6-5-9(2)8-11(12)16/h5-6,8,10H,4,7H2,1-3H3,(H,17,21)(H,18,22)/t10-/m1/s1. The van der Waals surface area contributed by atoms with Gasteiger partial charge in [-0.2, -0.15) is 0 Å². The Hall–Kier alpha value is -1.54. The quantitative estimate of drug-likeness (QED) is 0.732. The van der Waals surface area contributed by atoms with Crippen LogP contribution in [-0.2, 0) is 11.3 Å². The number of anilines is 1. The van der Waals surface area contributed by atoms with E-state index in [0.717, 1.165) is 22.1 Å². The van der Waals surface area contributed by atoms with E-state index >= 15 is 0 Å². The van der Waals surface area contributed by atoms with E-state index in [-0.39, 0.29) is 16.8 Å². The second-order valence-electron chi connectivity index (χ2n) is 5.20. The van der Waals surface area contributed by atoms with Crippen molar-refractivity contribution in [3.8, 4) is 0 Å². The van der Waals surface area contributed by atoms with E-state index in [1.807, 2.05) is 32.0 Å². The Kier molecular flexibility index (Phi) is 6.06. The summed E-state index contributed by atoms with van der Waals surface area (Å²) in [4.78, 5) is 24.0. The van der Waals surface area contributed by atoms with E-state index in [4.69, 9.17) is 0 Å². The van der Waals surface area contributed by atoms with Crippen LogP contribution in [0, 0.1) is 6.92 Å². The van der Waals surface area contributed by atoms with Crippen molar-refractivity contribution >= 4 is 39.3 Å². The maximum atomic E-state index is 12.4. The molecule has 1 aromatic carbocycles. The fraction of sp³-hybridized carbons (Fsp3) is 0.400. The third-order valence-corrected chi connectivity index (χ3v) is 4.95. The number of carbonyl (C=O) groups is 1. The highest BCUT2D eigenvalue weighted by atomic mass is 79.9. The van der Waals surface area contributed by atoms with Crippen LogP contribution in [0.5, 0.6) is 0 Å². The van der Waals surface area contributed by atoms with Crippen LogP contribution >= 0.6 is 27.7 Å². The summed E-state index contributed by atoms with van der Waals surface area (Å²) >= 11 is 4.70. The van der Waals surface area contributed by atoms with Crippen LogP contribution in [0.2, 0.25) is 0 Å². The number of nitrogens with one attached hydrogen (secondary N) is 2. The van der Waals surface area contributed by atoms with Crippen molar-refractivity contribution in [3.63, 3.8) is 0 Å². The molecule has 0 aliphatic heterocycles. The molecule has 2 N–H and O–H groups in total. The van der Waals surface area contributed by atoms with Gasteiger partial charge in [0.2, 0.25) is 5.91 Å². The first-order chi connectivity index (χ1) is 10.9. The fourth-order valence-corrected chi connectivity index (χ4v) is 3.46. The fourth-order valence-electron chi connectivity index (χ4n) is 1.98. The van der Waals surface area contributed by atoms with Gasteiger partial charge in [0, 0.05) is 11.0 Å². The number of benzene rings is 1. The molecule has 8 heteroatoms. The summed E-state index contributed by atoms with van der Waals surface area (Å²) in [7, 11) is 0. The minimum atomic E-state index is -0.381. The van der Waals surface area contributed by atoms with Gasteiger partial charge < -0.3 is 5.32 Å². The summed E-state index contributed by atoms with van der Waals surface area (Å²) in [6.45, 7) is 6.34. The van der Waals surface area contributed by atoms with Crippen molar-refractivity contribution in [2.75, 3.05) is 5.32 Å². The molecule has 0 saturated carbocycles. The van der Waals surface area contributed by atoms with Crippen LogP contribution in [0.1, 0.15) is 25.8 Å². The molecule has 0 fully saturated rings. The van der Waals surface area contributed by atoms with Crippen LogP contribution in [0.4, 0.5) is 5.69 Å². The number of halogens is 1. The van der Waals surface area contributed by atoms with Crippen molar-refractivity contribution < 1.29 is 4.79 Å². The average Bonchev–Trinajstić information content (AvgIpc) is 2.83. The monoisotopic (exact) mass is 398 g/mol. The average molecular weight is 399 g/mol. The lowest BCUT2D eigenvalue weighted by Gasteiger charge is -2.13. The summed E-state index contributed by atoms with van der Waals surface area (Å²) < 4.78 is 2.39. The zero-order valence-electron chi connectivity index (χ0n) is 13.2. The molecule has 23 heavy (non-hydrogen) atoms. The van der Waals surface area contributed by atoms with E-state index in [9.17, 15) is 9.59 Å². The molecule has 0 aliphatic carbocycles. The zero-order valence-corrected chi connectivity index (χ0v) is 15.6. The Bertz CT molecular complexity index is 756. The lowest BCUT2D eigenvalue weighted by Crippen LogP contribution is -2.24. The number of aromatic amines is 1. The molecule has 0 bridgehead atoms. The summed E-state index contributed by atoms with van der Waals surface area (Å²) in [5.41, 5.74) is 1.58. The molecule has 1 atom stereocenters. The maximum Gasteiger partial charge on any atom is 0.343 e. The van der Waals surface area contributed by atoms with Gasteiger partial charge in [-0.05, 0) is 53.9 Å². The first-order valence-corrected chi connectivity index (χ1v) is 8.98. The number of carbonyl (C=O) groups excluding carboxylic acids is 1. The Balaban J connectivity index is 2.07. The Morgan fingerprint density at radius 3 is 2.91 bits per heavy atom. The molecule has 2 aromatic rings. The topological polar surface area (TPSA) is 79.8 Å². The summed E-state index contributed by atoms with van der Waals surface area (Å²) in [6, 6.07) is 5.74. The Morgan fingerprint density at radius 1 is 1.52 bits per heavy atom. The van der Waals surface area contributed by atoms with Gasteiger partial charge >= 0.3 is 5.69 Å². The third-order valence-electron chi connectivity index (χ3n) is 3.20. The highest BCUT2D eigenvalue weighted by Gasteiger charge is 2.19. The van der Waals surface area contributed by atoms with Gasteiger partial charge in [-0.15, -0.1) is 5.10 Å². The minimum Gasteiger partial charge on any atom is -0.324 e. The number of hydrogen-bond donors (Lipinski definition) is 2. The number of aromatic nitrogens is 3. The van der Waals surface area contributed by atoms with Gasteiger partial charge in [0.05, 0.1) is 10.9 Å². The Morgan fingerprint density at radius 2 is 2.26 bits per heavy atom. The second-order valence-corrected chi connectivity index (χ2v) is 7.36. The van der Waals surface area contributed by atoms with Gasteiger partial charge in [0.15, 0.2) is 5.16 Å². The first-order valence-electron chi connectivity index (χ1n) is 7.31. The summed E-state index contributed by atoms with van der Waals surface area (Å²) in [6.07, 6.45) is 0.823. The van der Waals surface area contributed by atoms with Crippen molar-refractivity contribution in [2.45, 2.75) is 44.1 Å². The molecule has 0 radical (unpaired) electrons. The van der Waals surface area contributed by atoms with Crippen LogP contribution in [0.15, 0.2) is 32.6 Å². The normalized spacial score (nSPS) is 12.2. The predicted molar refractivity (Wildman–Crippen MR) is 96.0 cm³/mol. The highest BCUT2D eigenvalue weighted by Crippen LogP contribution is 2.26. The smallest absolute Gasteiger partial charge is 0.324 e. The van der Waals surface area contributed by atoms with Gasteiger partial charge in [-0.3, -0.25) is 9.36 Å². The lowest BCUT2D eigenvalue weighted by atomic mass is 10.2. The van der Waals surface area contributed by atoms with Crippen LogP contribution in [-0.4, -0.2) is 25.9 Å². The predicted octanol–water partition coefficient (Wildman–Crippen LogP) is 3.17.